The summed E-state index contributed by atoms with van der Waals surface area (Å²) in [6, 6.07) is 3.17. The van der Waals surface area contributed by atoms with Crippen molar-refractivity contribution >= 4 is 17.6 Å². The van der Waals surface area contributed by atoms with E-state index in [0.29, 0.717) is 30.7 Å². The van der Waals surface area contributed by atoms with Crippen LogP contribution < -0.4 is 10.2 Å². The molecule has 1 aliphatic carbocycles. The number of pyridine rings is 1. The van der Waals surface area contributed by atoms with E-state index in [2.05, 4.69) is 22.1 Å². The molecule has 1 aromatic heterocycles. The fraction of sp³-hybridized carbons (Fsp3) is 0.600. The number of anilines is 2. The second-order valence-corrected chi connectivity index (χ2v) is 5.57. The zero-order valence-electron chi connectivity index (χ0n) is 12.8. The van der Waals surface area contributed by atoms with E-state index in [1.807, 2.05) is 0 Å². The third-order valence-electron chi connectivity index (χ3n) is 3.94. The maximum atomic E-state index is 11.2. The third kappa shape index (κ3) is 4.07. The number of carboxylic acids is 1. The highest BCUT2D eigenvalue weighted by atomic mass is 16.5. The highest BCUT2D eigenvalue weighted by Crippen LogP contribution is 2.39. The molecule has 21 heavy (non-hydrogen) atoms. The maximum absolute atomic E-state index is 11.2. The lowest BCUT2D eigenvalue weighted by Gasteiger charge is -2.24. The molecular weight excluding hydrogens is 270 g/mol. The van der Waals surface area contributed by atoms with Crippen molar-refractivity contribution < 1.29 is 14.6 Å². The van der Waals surface area contributed by atoms with Gasteiger partial charge in [0.1, 0.15) is 11.6 Å². The molecule has 0 aromatic carbocycles. The summed E-state index contributed by atoms with van der Waals surface area (Å²) in [5, 5.41) is 12.1. The predicted molar refractivity (Wildman–Crippen MR) is 82.1 cm³/mol. The first-order valence-corrected chi connectivity index (χ1v) is 7.22. The Balaban J connectivity index is 2.23. The van der Waals surface area contributed by atoms with E-state index in [-0.39, 0.29) is 5.56 Å². The Kier molecular flexibility index (Phi) is 5.01. The Morgan fingerprint density at radius 1 is 1.57 bits per heavy atom. The molecule has 0 amide bonds. The molecule has 0 spiro atoms. The molecule has 1 heterocycles. The summed E-state index contributed by atoms with van der Waals surface area (Å²) in [6.07, 6.45) is 1.22. The Labute approximate surface area is 125 Å². The molecule has 0 aliphatic heterocycles. The van der Waals surface area contributed by atoms with Crippen LogP contribution in [0, 0.1) is 11.8 Å². The van der Waals surface area contributed by atoms with E-state index in [0.717, 1.165) is 12.5 Å². The molecule has 1 saturated carbocycles. The zero-order chi connectivity index (χ0) is 15.4. The summed E-state index contributed by atoms with van der Waals surface area (Å²) >= 11 is 0. The number of nitrogens with zero attached hydrogens (tertiary/aromatic N) is 2. The van der Waals surface area contributed by atoms with Crippen LogP contribution in [0.1, 0.15) is 23.7 Å². The lowest BCUT2D eigenvalue weighted by Crippen LogP contribution is -2.31. The summed E-state index contributed by atoms with van der Waals surface area (Å²) in [5.74, 6) is 1.71. The largest absolute Gasteiger partial charge is 0.478 e. The van der Waals surface area contributed by atoms with Crippen molar-refractivity contribution in [1.29, 1.82) is 0 Å². The summed E-state index contributed by atoms with van der Waals surface area (Å²) in [4.78, 5) is 17.9. The van der Waals surface area contributed by atoms with E-state index in [1.165, 1.54) is 6.42 Å². The molecule has 1 fully saturated rings. The van der Waals surface area contributed by atoms with Gasteiger partial charge < -0.3 is 20.1 Å². The lowest BCUT2D eigenvalue weighted by molar-refractivity contribution is 0.0697. The molecule has 0 radical (unpaired) electrons. The fourth-order valence-electron chi connectivity index (χ4n) is 2.37. The van der Waals surface area contributed by atoms with Gasteiger partial charge in [0.15, 0.2) is 0 Å². The predicted octanol–water partition coefficient (Wildman–Crippen LogP) is 1.93. The van der Waals surface area contributed by atoms with Gasteiger partial charge in [-0.2, -0.15) is 0 Å². The van der Waals surface area contributed by atoms with E-state index in [1.54, 1.807) is 26.3 Å². The molecule has 6 nitrogen and oxygen atoms in total. The maximum Gasteiger partial charge on any atom is 0.335 e. The van der Waals surface area contributed by atoms with E-state index >= 15 is 0 Å². The minimum atomic E-state index is -0.943. The quantitative estimate of drug-likeness (QED) is 0.763. The van der Waals surface area contributed by atoms with Crippen LogP contribution in [0.15, 0.2) is 12.1 Å². The molecule has 0 bridgehead atoms. The SMILES string of the molecule is CNc1cc(C(=O)O)cc(N(CCOC)CC2CC2C)n1. The first-order valence-electron chi connectivity index (χ1n) is 7.22. The first kappa shape index (κ1) is 15.6. The minimum absolute atomic E-state index is 0.246. The van der Waals surface area contributed by atoms with Crippen LogP contribution in [0.4, 0.5) is 11.6 Å². The Morgan fingerprint density at radius 2 is 2.29 bits per heavy atom. The first-order chi connectivity index (χ1) is 10.0. The van der Waals surface area contributed by atoms with Crippen molar-refractivity contribution in [2.75, 3.05) is 44.1 Å². The van der Waals surface area contributed by atoms with Crippen molar-refractivity contribution in [3.8, 4) is 0 Å². The van der Waals surface area contributed by atoms with Crippen molar-refractivity contribution in [3.63, 3.8) is 0 Å². The topological polar surface area (TPSA) is 74.7 Å². The number of ether oxygens (including phenoxy) is 1. The number of hydrogen-bond donors (Lipinski definition) is 2. The minimum Gasteiger partial charge on any atom is -0.478 e. The van der Waals surface area contributed by atoms with Gasteiger partial charge in [0.2, 0.25) is 0 Å². The van der Waals surface area contributed by atoms with Crippen LogP contribution in [-0.4, -0.2) is 49.9 Å². The smallest absolute Gasteiger partial charge is 0.335 e. The van der Waals surface area contributed by atoms with Crippen molar-refractivity contribution in [3.05, 3.63) is 17.7 Å². The van der Waals surface area contributed by atoms with Crippen LogP contribution in [-0.2, 0) is 4.74 Å². The number of aromatic carboxylic acids is 1. The van der Waals surface area contributed by atoms with Gasteiger partial charge in [0, 0.05) is 27.2 Å². The number of rotatable bonds is 8. The summed E-state index contributed by atoms with van der Waals surface area (Å²) in [7, 11) is 3.40. The molecule has 1 aromatic rings. The molecule has 6 heteroatoms. The van der Waals surface area contributed by atoms with Crippen LogP contribution in [0.3, 0.4) is 0 Å². The number of methoxy groups -OCH3 is 1. The van der Waals surface area contributed by atoms with Gasteiger partial charge >= 0.3 is 5.97 Å². The van der Waals surface area contributed by atoms with Crippen LogP contribution in [0.2, 0.25) is 0 Å². The summed E-state index contributed by atoms with van der Waals surface area (Å²) in [5.41, 5.74) is 0.246. The van der Waals surface area contributed by atoms with Gasteiger partial charge in [0.25, 0.3) is 0 Å². The molecule has 1 aliphatic rings. The lowest BCUT2D eigenvalue weighted by atomic mass is 10.2. The number of carbonyl (C=O) groups is 1. The normalized spacial score (nSPS) is 20.1. The Hall–Kier alpha value is -1.82. The molecule has 2 rings (SSSR count). The highest BCUT2D eigenvalue weighted by molar-refractivity contribution is 5.89. The van der Waals surface area contributed by atoms with Crippen LogP contribution in [0.25, 0.3) is 0 Å². The van der Waals surface area contributed by atoms with Crippen molar-refractivity contribution in [1.82, 2.24) is 4.98 Å². The van der Waals surface area contributed by atoms with Crippen LogP contribution >= 0.6 is 0 Å². The van der Waals surface area contributed by atoms with Gasteiger partial charge in [-0.05, 0) is 30.4 Å². The second kappa shape index (κ2) is 6.76. The zero-order valence-corrected chi connectivity index (χ0v) is 12.8. The van der Waals surface area contributed by atoms with E-state index in [4.69, 9.17) is 4.74 Å². The Morgan fingerprint density at radius 3 is 2.81 bits per heavy atom. The number of carboxylic acid groups (broad SMARTS) is 1. The van der Waals surface area contributed by atoms with Gasteiger partial charge in [-0.15, -0.1) is 0 Å². The summed E-state index contributed by atoms with van der Waals surface area (Å²) in [6.45, 7) is 4.43. The van der Waals surface area contributed by atoms with Gasteiger partial charge in [-0.25, -0.2) is 9.78 Å². The third-order valence-corrected chi connectivity index (χ3v) is 3.94. The highest BCUT2D eigenvalue weighted by Gasteiger charge is 2.34. The monoisotopic (exact) mass is 293 g/mol. The van der Waals surface area contributed by atoms with Crippen LogP contribution in [0.5, 0.6) is 0 Å². The standard InChI is InChI=1S/C15H23N3O3/c1-10-6-12(10)9-18(4-5-21-3)14-8-11(15(19)20)7-13(16-2)17-14/h7-8,10,12H,4-6,9H2,1-3H3,(H,16,17)(H,19,20). The average molecular weight is 293 g/mol. The fourth-order valence-corrected chi connectivity index (χ4v) is 2.37. The van der Waals surface area contributed by atoms with E-state index in [9.17, 15) is 9.90 Å². The Bertz CT molecular complexity index is 507. The number of nitrogens with one attached hydrogen (secondary N) is 1. The summed E-state index contributed by atoms with van der Waals surface area (Å²) < 4.78 is 5.16. The molecular formula is C15H23N3O3. The van der Waals surface area contributed by atoms with Gasteiger partial charge in [-0.3, -0.25) is 0 Å². The molecule has 116 valence electrons. The van der Waals surface area contributed by atoms with Gasteiger partial charge in [0.05, 0.1) is 12.2 Å². The molecule has 2 N–H and O–H groups in total. The molecule has 0 saturated heterocycles. The molecule has 2 atom stereocenters. The van der Waals surface area contributed by atoms with E-state index < -0.39 is 5.97 Å². The van der Waals surface area contributed by atoms with Gasteiger partial charge in [-0.1, -0.05) is 6.92 Å². The average Bonchev–Trinajstić information content (AvgIpc) is 3.18. The molecule has 2 unspecified atom stereocenters. The second-order valence-electron chi connectivity index (χ2n) is 5.57. The van der Waals surface area contributed by atoms with Crippen molar-refractivity contribution in [2.24, 2.45) is 11.8 Å². The number of aromatic nitrogens is 1. The van der Waals surface area contributed by atoms with Crippen molar-refractivity contribution in [2.45, 2.75) is 13.3 Å². The number of hydrogen-bond acceptors (Lipinski definition) is 5.